The zero-order valence-corrected chi connectivity index (χ0v) is 24.3. The fourth-order valence-corrected chi connectivity index (χ4v) is 7.36. The van der Waals surface area contributed by atoms with Crippen molar-refractivity contribution in [3.63, 3.8) is 0 Å². The predicted octanol–water partition coefficient (Wildman–Crippen LogP) is 11.4. The number of aromatic nitrogens is 2. The van der Waals surface area contributed by atoms with Gasteiger partial charge in [0, 0.05) is 32.6 Å². The molecule has 3 heteroatoms. The number of para-hydroxylation sites is 4. The molecule has 0 atom stereocenters. The van der Waals surface area contributed by atoms with Crippen molar-refractivity contribution in [3.05, 3.63) is 158 Å². The van der Waals surface area contributed by atoms with Gasteiger partial charge < -0.3 is 13.6 Å². The van der Waals surface area contributed by atoms with E-state index in [1.54, 1.807) is 0 Å². The van der Waals surface area contributed by atoms with Crippen LogP contribution in [-0.2, 0) is 0 Å². The lowest BCUT2D eigenvalue weighted by molar-refractivity contribution is 0.669. The second kappa shape index (κ2) is 9.22. The Kier molecular flexibility index (Phi) is 5.00. The summed E-state index contributed by atoms with van der Waals surface area (Å²) >= 11 is 0. The minimum absolute atomic E-state index is 0.902. The van der Waals surface area contributed by atoms with Crippen LogP contribution in [0.4, 0.5) is 0 Å². The molecule has 3 nitrogen and oxygen atoms in total. The third kappa shape index (κ3) is 3.46. The maximum Gasteiger partial charge on any atom is 0.137 e. The number of benzene rings is 7. The molecule has 10 aromatic rings. The van der Waals surface area contributed by atoms with Gasteiger partial charge in [0.2, 0.25) is 0 Å². The van der Waals surface area contributed by atoms with E-state index in [1.165, 1.54) is 60.4 Å². The summed E-state index contributed by atoms with van der Waals surface area (Å²) in [7, 11) is 0. The lowest BCUT2D eigenvalue weighted by atomic mass is 10.0. The highest BCUT2D eigenvalue weighted by Gasteiger charge is 2.18. The Balaban J connectivity index is 1.21. The van der Waals surface area contributed by atoms with Crippen LogP contribution in [0, 0.1) is 0 Å². The molecule has 0 aliphatic heterocycles. The summed E-state index contributed by atoms with van der Waals surface area (Å²) in [5, 5.41) is 7.26. The normalized spacial score (nSPS) is 12.0. The van der Waals surface area contributed by atoms with Gasteiger partial charge in [-0.25, -0.2) is 0 Å². The fraction of sp³-hybridized carbons (Fsp3) is 0. The summed E-state index contributed by atoms with van der Waals surface area (Å²) < 4.78 is 11.0. The van der Waals surface area contributed by atoms with Crippen LogP contribution in [0.25, 0.3) is 88.1 Å². The van der Waals surface area contributed by atoms with E-state index in [9.17, 15) is 0 Å². The molecule has 0 saturated heterocycles. The Morgan fingerprint density at radius 1 is 0.356 bits per heavy atom. The van der Waals surface area contributed by atoms with Gasteiger partial charge in [0.15, 0.2) is 0 Å². The monoisotopic (exact) mass is 574 g/mol. The van der Waals surface area contributed by atoms with Gasteiger partial charge in [-0.15, -0.1) is 0 Å². The van der Waals surface area contributed by atoms with Crippen LogP contribution in [-0.4, -0.2) is 9.13 Å². The van der Waals surface area contributed by atoms with E-state index in [0.717, 1.165) is 27.6 Å². The van der Waals surface area contributed by atoms with E-state index < -0.39 is 0 Å². The van der Waals surface area contributed by atoms with Gasteiger partial charge in [0.25, 0.3) is 0 Å². The van der Waals surface area contributed by atoms with Gasteiger partial charge in [0.1, 0.15) is 11.2 Å². The Bertz CT molecular complexity index is 2760. The first-order valence-electron chi connectivity index (χ1n) is 15.4. The standard InChI is InChI=1S/C42H26N2O/c1-2-11-29(12-3-1)43-35-16-7-4-13-30(35)33-25-27(21-23-37(33)43)28-22-24-38-34(26-28)31-14-5-8-17-36(31)44(38)39-18-10-20-41-42(39)32-15-6-9-19-40(32)45-41/h1-26H. The number of nitrogens with zero attached hydrogens (tertiary/aromatic N) is 2. The van der Waals surface area contributed by atoms with Gasteiger partial charge in [-0.05, 0) is 77.9 Å². The minimum Gasteiger partial charge on any atom is -0.456 e. The van der Waals surface area contributed by atoms with Crippen molar-refractivity contribution in [1.82, 2.24) is 9.13 Å². The zero-order chi connectivity index (χ0) is 29.5. The molecule has 0 fully saturated rings. The van der Waals surface area contributed by atoms with Gasteiger partial charge in [0.05, 0.1) is 33.1 Å². The van der Waals surface area contributed by atoms with Crippen molar-refractivity contribution in [1.29, 1.82) is 0 Å². The van der Waals surface area contributed by atoms with Gasteiger partial charge in [-0.1, -0.05) is 91.0 Å². The number of rotatable bonds is 3. The molecule has 0 radical (unpaired) electrons. The third-order valence-electron chi connectivity index (χ3n) is 9.31. The summed E-state index contributed by atoms with van der Waals surface area (Å²) in [5.41, 5.74) is 11.3. The average molecular weight is 575 g/mol. The second-order valence-electron chi connectivity index (χ2n) is 11.8. The average Bonchev–Trinajstić information content (AvgIpc) is 3.76. The first kappa shape index (κ1) is 24.4. The number of hydrogen-bond donors (Lipinski definition) is 0. The SMILES string of the molecule is c1ccc(-n2c3ccccc3c3cc(-c4ccc5c(c4)c4ccccc4n5-c4cccc5oc6ccccc6c45)ccc32)cc1. The van der Waals surface area contributed by atoms with Gasteiger partial charge >= 0.3 is 0 Å². The lowest BCUT2D eigenvalue weighted by Gasteiger charge is -2.10. The van der Waals surface area contributed by atoms with Crippen molar-refractivity contribution in [2.24, 2.45) is 0 Å². The van der Waals surface area contributed by atoms with Crippen molar-refractivity contribution in [3.8, 4) is 22.5 Å². The Hall–Kier alpha value is -6.06. The molecule has 10 rings (SSSR count). The van der Waals surface area contributed by atoms with Crippen LogP contribution in [0.1, 0.15) is 0 Å². The number of furan rings is 1. The lowest BCUT2D eigenvalue weighted by Crippen LogP contribution is -1.94. The van der Waals surface area contributed by atoms with Crippen LogP contribution in [0.5, 0.6) is 0 Å². The highest BCUT2D eigenvalue weighted by atomic mass is 16.3. The summed E-state index contributed by atoms with van der Waals surface area (Å²) in [6.07, 6.45) is 0. The number of hydrogen-bond acceptors (Lipinski definition) is 1. The fourth-order valence-electron chi connectivity index (χ4n) is 7.36. The Labute approximate surface area is 258 Å². The molecule has 3 aromatic heterocycles. The van der Waals surface area contributed by atoms with E-state index in [4.69, 9.17) is 4.42 Å². The summed E-state index contributed by atoms with van der Waals surface area (Å²) in [6.45, 7) is 0. The zero-order valence-electron chi connectivity index (χ0n) is 24.3. The Morgan fingerprint density at radius 3 is 1.60 bits per heavy atom. The molecule has 0 amide bonds. The van der Waals surface area contributed by atoms with Crippen LogP contribution < -0.4 is 0 Å². The molecular formula is C42H26N2O. The molecule has 0 N–H and O–H groups in total. The third-order valence-corrected chi connectivity index (χ3v) is 9.31. The van der Waals surface area contributed by atoms with Gasteiger partial charge in [-0.2, -0.15) is 0 Å². The molecule has 0 saturated carbocycles. The predicted molar refractivity (Wildman–Crippen MR) is 188 cm³/mol. The second-order valence-corrected chi connectivity index (χ2v) is 11.8. The maximum atomic E-state index is 6.27. The van der Waals surface area contributed by atoms with Crippen LogP contribution in [0.2, 0.25) is 0 Å². The summed E-state index contributed by atoms with van der Waals surface area (Å²) in [6, 6.07) is 56.5. The van der Waals surface area contributed by atoms with Gasteiger partial charge in [-0.3, -0.25) is 0 Å². The molecule has 0 bridgehead atoms. The van der Waals surface area contributed by atoms with E-state index in [2.05, 4.69) is 155 Å². The minimum atomic E-state index is 0.902. The Morgan fingerprint density at radius 2 is 0.889 bits per heavy atom. The molecule has 210 valence electrons. The molecule has 7 aromatic carbocycles. The van der Waals surface area contributed by atoms with Crippen molar-refractivity contribution in [2.45, 2.75) is 0 Å². The summed E-state index contributed by atoms with van der Waals surface area (Å²) in [4.78, 5) is 0. The molecule has 45 heavy (non-hydrogen) atoms. The molecular weight excluding hydrogens is 548 g/mol. The quantitative estimate of drug-likeness (QED) is 0.206. The first-order valence-corrected chi connectivity index (χ1v) is 15.4. The summed E-state index contributed by atoms with van der Waals surface area (Å²) in [5.74, 6) is 0. The van der Waals surface area contributed by atoms with Crippen molar-refractivity contribution >= 4 is 65.6 Å². The highest BCUT2D eigenvalue weighted by Crippen LogP contribution is 2.40. The van der Waals surface area contributed by atoms with E-state index in [1.807, 2.05) is 12.1 Å². The number of fused-ring (bicyclic) bond motifs is 9. The largest absolute Gasteiger partial charge is 0.456 e. The van der Waals surface area contributed by atoms with Crippen molar-refractivity contribution in [2.75, 3.05) is 0 Å². The maximum absolute atomic E-state index is 6.27. The van der Waals surface area contributed by atoms with E-state index in [0.29, 0.717) is 0 Å². The van der Waals surface area contributed by atoms with Crippen molar-refractivity contribution < 1.29 is 4.42 Å². The molecule has 0 unspecified atom stereocenters. The molecule has 0 aliphatic carbocycles. The van der Waals surface area contributed by atoms with Crippen LogP contribution in [0.15, 0.2) is 162 Å². The first-order chi connectivity index (χ1) is 22.3. The van der Waals surface area contributed by atoms with Crippen LogP contribution in [0.3, 0.4) is 0 Å². The van der Waals surface area contributed by atoms with Crippen LogP contribution >= 0.6 is 0 Å². The van der Waals surface area contributed by atoms with E-state index in [-0.39, 0.29) is 0 Å². The molecule has 3 heterocycles. The highest BCUT2D eigenvalue weighted by molar-refractivity contribution is 6.15. The molecule has 0 aliphatic rings. The smallest absolute Gasteiger partial charge is 0.137 e. The molecule has 0 spiro atoms. The topological polar surface area (TPSA) is 23.0 Å². The van der Waals surface area contributed by atoms with E-state index >= 15 is 0 Å².